The van der Waals surface area contributed by atoms with Crippen molar-refractivity contribution in [2.75, 3.05) is 6.61 Å². The maximum absolute atomic E-state index is 12.6. The molecule has 0 N–H and O–H groups in total. The molecule has 78 valence electrons. The summed E-state index contributed by atoms with van der Waals surface area (Å²) in [5.74, 6) is 1.08. The van der Waals surface area contributed by atoms with Crippen molar-refractivity contribution in [3.05, 3.63) is 30.1 Å². The zero-order chi connectivity index (χ0) is 10.4. The molecule has 14 heavy (non-hydrogen) atoms. The van der Waals surface area contributed by atoms with Gasteiger partial charge in [-0.15, -0.1) is 0 Å². The van der Waals surface area contributed by atoms with Crippen molar-refractivity contribution < 1.29 is 9.13 Å². The standard InChI is InChI=1S/C12H17FO/c1-3-4-10(2)9-14-12-7-5-11(13)6-8-12/h5-8,10H,3-4,9H2,1-2H3. The van der Waals surface area contributed by atoms with Gasteiger partial charge >= 0.3 is 0 Å². The van der Waals surface area contributed by atoms with E-state index in [0.29, 0.717) is 12.5 Å². The number of hydrogen-bond acceptors (Lipinski definition) is 1. The Hall–Kier alpha value is -1.05. The van der Waals surface area contributed by atoms with Crippen LogP contribution in [0.25, 0.3) is 0 Å². The van der Waals surface area contributed by atoms with E-state index in [1.807, 2.05) is 0 Å². The van der Waals surface area contributed by atoms with Gasteiger partial charge in [0.2, 0.25) is 0 Å². The van der Waals surface area contributed by atoms with Crippen molar-refractivity contribution in [1.29, 1.82) is 0 Å². The van der Waals surface area contributed by atoms with E-state index in [-0.39, 0.29) is 5.82 Å². The van der Waals surface area contributed by atoms with E-state index in [2.05, 4.69) is 13.8 Å². The molecular formula is C12H17FO. The molecule has 0 radical (unpaired) electrons. The third kappa shape index (κ3) is 3.77. The fourth-order valence-corrected chi connectivity index (χ4v) is 1.35. The minimum Gasteiger partial charge on any atom is -0.493 e. The van der Waals surface area contributed by atoms with Gasteiger partial charge in [0, 0.05) is 0 Å². The van der Waals surface area contributed by atoms with Gasteiger partial charge in [0.05, 0.1) is 6.61 Å². The van der Waals surface area contributed by atoms with Crippen LogP contribution >= 0.6 is 0 Å². The number of rotatable bonds is 5. The van der Waals surface area contributed by atoms with Crippen LogP contribution in [0.2, 0.25) is 0 Å². The Morgan fingerprint density at radius 3 is 2.50 bits per heavy atom. The summed E-state index contributed by atoms with van der Waals surface area (Å²) in [6.07, 6.45) is 2.34. The average Bonchev–Trinajstić information content (AvgIpc) is 2.17. The van der Waals surface area contributed by atoms with Crippen molar-refractivity contribution in [2.45, 2.75) is 26.7 Å². The van der Waals surface area contributed by atoms with Crippen LogP contribution in [0.5, 0.6) is 5.75 Å². The molecule has 1 rings (SSSR count). The smallest absolute Gasteiger partial charge is 0.123 e. The third-order valence-electron chi connectivity index (χ3n) is 2.13. The minimum absolute atomic E-state index is 0.223. The van der Waals surface area contributed by atoms with Crippen molar-refractivity contribution in [1.82, 2.24) is 0 Å². The zero-order valence-electron chi connectivity index (χ0n) is 8.79. The third-order valence-corrected chi connectivity index (χ3v) is 2.13. The summed E-state index contributed by atoms with van der Waals surface area (Å²) in [7, 11) is 0. The average molecular weight is 196 g/mol. The van der Waals surface area contributed by atoms with Gasteiger partial charge in [-0.1, -0.05) is 20.3 Å². The molecule has 0 spiro atoms. The largest absolute Gasteiger partial charge is 0.493 e. The van der Waals surface area contributed by atoms with Gasteiger partial charge in [-0.05, 0) is 36.6 Å². The van der Waals surface area contributed by atoms with Crippen LogP contribution in [0.15, 0.2) is 24.3 Å². The van der Waals surface area contributed by atoms with Crippen LogP contribution in [0.4, 0.5) is 4.39 Å². The zero-order valence-corrected chi connectivity index (χ0v) is 8.79. The molecule has 0 saturated carbocycles. The molecule has 1 aromatic carbocycles. The molecule has 1 aromatic rings. The Labute approximate surface area is 84.9 Å². The second kappa shape index (κ2) is 5.63. The maximum atomic E-state index is 12.6. The highest BCUT2D eigenvalue weighted by molar-refractivity contribution is 5.21. The Balaban J connectivity index is 2.34. The first kappa shape index (κ1) is 11.0. The van der Waals surface area contributed by atoms with E-state index < -0.39 is 0 Å². The van der Waals surface area contributed by atoms with Crippen LogP contribution in [-0.4, -0.2) is 6.61 Å². The topological polar surface area (TPSA) is 9.23 Å². The van der Waals surface area contributed by atoms with E-state index in [9.17, 15) is 4.39 Å². The summed E-state index contributed by atoms with van der Waals surface area (Å²) in [4.78, 5) is 0. The quantitative estimate of drug-likeness (QED) is 0.698. The number of hydrogen-bond donors (Lipinski definition) is 0. The molecular weight excluding hydrogens is 179 g/mol. The first-order valence-electron chi connectivity index (χ1n) is 5.10. The first-order chi connectivity index (χ1) is 6.72. The van der Waals surface area contributed by atoms with E-state index in [1.165, 1.54) is 25.0 Å². The van der Waals surface area contributed by atoms with Gasteiger partial charge in [-0.25, -0.2) is 4.39 Å². The fourth-order valence-electron chi connectivity index (χ4n) is 1.35. The second-order valence-corrected chi connectivity index (χ2v) is 3.66. The minimum atomic E-state index is -0.223. The Morgan fingerprint density at radius 2 is 1.93 bits per heavy atom. The fraction of sp³-hybridized carbons (Fsp3) is 0.500. The highest BCUT2D eigenvalue weighted by Gasteiger charge is 2.01. The predicted molar refractivity (Wildman–Crippen MR) is 56.0 cm³/mol. The van der Waals surface area contributed by atoms with Gasteiger partial charge in [0.25, 0.3) is 0 Å². The Kier molecular flexibility index (Phi) is 4.44. The van der Waals surface area contributed by atoms with Crippen molar-refractivity contribution >= 4 is 0 Å². The molecule has 1 atom stereocenters. The molecule has 1 unspecified atom stereocenters. The van der Waals surface area contributed by atoms with Crippen LogP contribution in [-0.2, 0) is 0 Å². The van der Waals surface area contributed by atoms with Crippen LogP contribution in [0.3, 0.4) is 0 Å². The van der Waals surface area contributed by atoms with Gasteiger partial charge < -0.3 is 4.74 Å². The van der Waals surface area contributed by atoms with Gasteiger partial charge in [0.15, 0.2) is 0 Å². The summed E-state index contributed by atoms with van der Waals surface area (Å²) in [5.41, 5.74) is 0. The number of halogens is 1. The van der Waals surface area contributed by atoms with E-state index in [1.54, 1.807) is 12.1 Å². The summed E-state index contributed by atoms with van der Waals surface area (Å²) in [6.45, 7) is 5.03. The summed E-state index contributed by atoms with van der Waals surface area (Å²) in [6, 6.07) is 6.15. The highest BCUT2D eigenvalue weighted by atomic mass is 19.1. The van der Waals surface area contributed by atoms with Crippen LogP contribution in [0.1, 0.15) is 26.7 Å². The molecule has 0 aliphatic heterocycles. The maximum Gasteiger partial charge on any atom is 0.123 e. The lowest BCUT2D eigenvalue weighted by molar-refractivity contribution is 0.251. The number of benzene rings is 1. The molecule has 2 heteroatoms. The molecule has 0 heterocycles. The Bertz CT molecular complexity index is 256. The molecule has 0 saturated heterocycles. The molecule has 0 fully saturated rings. The highest BCUT2D eigenvalue weighted by Crippen LogP contribution is 2.13. The van der Waals surface area contributed by atoms with E-state index >= 15 is 0 Å². The second-order valence-electron chi connectivity index (χ2n) is 3.66. The normalized spacial score (nSPS) is 12.5. The molecule has 0 bridgehead atoms. The lowest BCUT2D eigenvalue weighted by Gasteiger charge is -2.11. The Morgan fingerprint density at radius 1 is 1.29 bits per heavy atom. The SMILES string of the molecule is CCCC(C)COc1ccc(F)cc1. The monoisotopic (exact) mass is 196 g/mol. The van der Waals surface area contributed by atoms with Crippen LogP contribution in [0, 0.1) is 11.7 Å². The molecule has 0 aliphatic rings. The molecule has 0 aliphatic carbocycles. The van der Waals surface area contributed by atoms with Crippen molar-refractivity contribution in [3.8, 4) is 5.75 Å². The summed E-state index contributed by atoms with van der Waals surface area (Å²) in [5, 5.41) is 0. The van der Waals surface area contributed by atoms with Gasteiger partial charge in [-0.2, -0.15) is 0 Å². The molecule has 1 nitrogen and oxygen atoms in total. The van der Waals surface area contributed by atoms with Crippen LogP contribution < -0.4 is 4.74 Å². The van der Waals surface area contributed by atoms with E-state index in [4.69, 9.17) is 4.74 Å². The van der Waals surface area contributed by atoms with Crippen molar-refractivity contribution in [2.24, 2.45) is 5.92 Å². The van der Waals surface area contributed by atoms with Crippen molar-refractivity contribution in [3.63, 3.8) is 0 Å². The van der Waals surface area contributed by atoms with E-state index in [0.717, 1.165) is 5.75 Å². The predicted octanol–water partition coefficient (Wildman–Crippen LogP) is 3.64. The first-order valence-corrected chi connectivity index (χ1v) is 5.10. The number of ether oxygens (including phenoxy) is 1. The van der Waals surface area contributed by atoms with Gasteiger partial charge in [-0.3, -0.25) is 0 Å². The summed E-state index contributed by atoms with van der Waals surface area (Å²) < 4.78 is 18.1. The summed E-state index contributed by atoms with van der Waals surface area (Å²) >= 11 is 0. The lowest BCUT2D eigenvalue weighted by Crippen LogP contribution is -2.07. The molecule has 0 amide bonds. The molecule has 0 aromatic heterocycles. The lowest BCUT2D eigenvalue weighted by atomic mass is 10.1. The van der Waals surface area contributed by atoms with Gasteiger partial charge in [0.1, 0.15) is 11.6 Å².